The molecule has 0 saturated carbocycles. The molecule has 110 valence electrons. The smallest absolute Gasteiger partial charge is 0.256 e. The Morgan fingerprint density at radius 1 is 1.14 bits per heavy atom. The third-order valence-corrected chi connectivity index (χ3v) is 3.82. The number of benzene rings is 2. The third-order valence-electron chi connectivity index (χ3n) is 2.85. The number of carbonyl (C=O) groups is 1. The van der Waals surface area contributed by atoms with Gasteiger partial charge >= 0.3 is 0 Å². The van der Waals surface area contributed by atoms with E-state index in [1.165, 1.54) is 7.11 Å². The second kappa shape index (κ2) is 6.87. The molecular formula is C15H14BrNO3S. The maximum Gasteiger partial charge on any atom is 0.256 e. The molecule has 2 aromatic carbocycles. The summed E-state index contributed by atoms with van der Waals surface area (Å²) < 4.78 is 11.1. The summed E-state index contributed by atoms with van der Waals surface area (Å²) in [6, 6.07) is 10.5. The van der Waals surface area contributed by atoms with E-state index in [2.05, 4.69) is 33.9 Å². The van der Waals surface area contributed by atoms with Gasteiger partial charge in [0, 0.05) is 15.4 Å². The summed E-state index contributed by atoms with van der Waals surface area (Å²) in [4.78, 5) is 13.1. The number of rotatable bonds is 4. The van der Waals surface area contributed by atoms with Crippen LogP contribution in [-0.2, 0) is 0 Å². The number of methoxy groups -OCH3 is 2. The Kier molecular flexibility index (Phi) is 5.14. The predicted molar refractivity (Wildman–Crippen MR) is 88.9 cm³/mol. The molecule has 0 aliphatic heterocycles. The van der Waals surface area contributed by atoms with E-state index < -0.39 is 0 Å². The number of hydrogen-bond donors (Lipinski definition) is 2. The highest BCUT2D eigenvalue weighted by molar-refractivity contribution is 9.10. The monoisotopic (exact) mass is 367 g/mol. The van der Waals surface area contributed by atoms with Gasteiger partial charge in [0.25, 0.3) is 5.91 Å². The first-order valence-electron chi connectivity index (χ1n) is 6.07. The first-order valence-corrected chi connectivity index (χ1v) is 7.31. The zero-order valence-corrected chi connectivity index (χ0v) is 14.0. The molecule has 0 atom stereocenters. The van der Waals surface area contributed by atoms with Crippen molar-refractivity contribution < 1.29 is 14.3 Å². The lowest BCUT2D eigenvalue weighted by Crippen LogP contribution is -2.13. The van der Waals surface area contributed by atoms with E-state index in [9.17, 15) is 4.79 Å². The molecule has 2 rings (SSSR count). The van der Waals surface area contributed by atoms with Crippen molar-refractivity contribution in [3.8, 4) is 11.5 Å². The molecule has 0 aliphatic carbocycles. The number of nitrogens with one attached hydrogen (secondary N) is 1. The summed E-state index contributed by atoms with van der Waals surface area (Å²) in [6.45, 7) is 0. The maximum absolute atomic E-state index is 12.3. The van der Waals surface area contributed by atoms with Crippen LogP contribution in [-0.4, -0.2) is 20.1 Å². The van der Waals surface area contributed by atoms with Crippen molar-refractivity contribution in [3.05, 3.63) is 46.4 Å². The first-order chi connectivity index (χ1) is 10.0. The van der Waals surface area contributed by atoms with Crippen molar-refractivity contribution in [1.29, 1.82) is 0 Å². The van der Waals surface area contributed by atoms with Crippen LogP contribution in [0, 0.1) is 0 Å². The molecule has 1 amide bonds. The number of ether oxygens (including phenoxy) is 2. The van der Waals surface area contributed by atoms with Gasteiger partial charge in [-0.25, -0.2) is 0 Å². The van der Waals surface area contributed by atoms with E-state index in [-0.39, 0.29) is 5.91 Å². The first kappa shape index (κ1) is 15.7. The zero-order chi connectivity index (χ0) is 15.4. The van der Waals surface area contributed by atoms with Gasteiger partial charge in [0.15, 0.2) is 0 Å². The number of carbonyl (C=O) groups excluding carboxylic acids is 1. The molecular weight excluding hydrogens is 354 g/mol. The van der Waals surface area contributed by atoms with Gasteiger partial charge in [0.1, 0.15) is 11.5 Å². The van der Waals surface area contributed by atoms with Gasteiger partial charge in [-0.2, -0.15) is 0 Å². The second-order valence-electron chi connectivity index (χ2n) is 4.18. The topological polar surface area (TPSA) is 47.6 Å². The second-order valence-corrected chi connectivity index (χ2v) is 5.56. The number of amides is 1. The summed E-state index contributed by atoms with van der Waals surface area (Å²) >= 11 is 7.60. The third kappa shape index (κ3) is 3.71. The Morgan fingerprint density at radius 2 is 1.90 bits per heavy atom. The Hall–Kier alpha value is -1.66. The minimum absolute atomic E-state index is 0.249. The quantitative estimate of drug-likeness (QED) is 0.802. The minimum Gasteiger partial charge on any atom is -0.497 e. The van der Waals surface area contributed by atoms with Gasteiger partial charge in [-0.1, -0.05) is 0 Å². The van der Waals surface area contributed by atoms with E-state index in [1.807, 2.05) is 0 Å². The summed E-state index contributed by atoms with van der Waals surface area (Å²) in [7, 11) is 3.11. The highest BCUT2D eigenvalue weighted by Crippen LogP contribution is 2.30. The number of thiol groups is 1. The van der Waals surface area contributed by atoms with Crippen molar-refractivity contribution in [2.75, 3.05) is 19.5 Å². The van der Waals surface area contributed by atoms with Crippen molar-refractivity contribution >= 4 is 40.2 Å². The van der Waals surface area contributed by atoms with Crippen molar-refractivity contribution in [3.63, 3.8) is 0 Å². The van der Waals surface area contributed by atoms with Crippen LogP contribution in [0.2, 0.25) is 0 Å². The molecule has 4 nitrogen and oxygen atoms in total. The number of halogens is 1. The fourth-order valence-electron chi connectivity index (χ4n) is 1.78. The van der Waals surface area contributed by atoms with Crippen molar-refractivity contribution in [1.82, 2.24) is 0 Å². The molecule has 0 heterocycles. The van der Waals surface area contributed by atoms with E-state index in [0.29, 0.717) is 32.1 Å². The van der Waals surface area contributed by atoms with Crippen LogP contribution < -0.4 is 14.8 Å². The largest absolute Gasteiger partial charge is 0.497 e. The lowest BCUT2D eigenvalue weighted by Gasteiger charge is -2.12. The molecule has 0 unspecified atom stereocenters. The average molecular weight is 368 g/mol. The summed E-state index contributed by atoms with van der Waals surface area (Å²) in [6.07, 6.45) is 0. The molecule has 0 aliphatic rings. The van der Waals surface area contributed by atoms with Crippen LogP contribution in [0.15, 0.2) is 45.8 Å². The van der Waals surface area contributed by atoms with Crippen LogP contribution in [0.3, 0.4) is 0 Å². The SMILES string of the molecule is COc1ccc(NC(=O)c2cc(S)ccc2Br)c(OC)c1. The molecule has 0 fully saturated rings. The van der Waals surface area contributed by atoms with Gasteiger partial charge in [-0.3, -0.25) is 4.79 Å². The highest BCUT2D eigenvalue weighted by atomic mass is 79.9. The van der Waals surface area contributed by atoms with Gasteiger partial charge in [0.2, 0.25) is 0 Å². The lowest BCUT2D eigenvalue weighted by atomic mass is 10.2. The molecule has 0 spiro atoms. The maximum atomic E-state index is 12.3. The molecule has 21 heavy (non-hydrogen) atoms. The number of anilines is 1. The lowest BCUT2D eigenvalue weighted by molar-refractivity contribution is 0.102. The van der Waals surface area contributed by atoms with Gasteiger partial charge in [0.05, 0.1) is 25.5 Å². The highest BCUT2D eigenvalue weighted by Gasteiger charge is 2.13. The van der Waals surface area contributed by atoms with Crippen LogP contribution in [0.4, 0.5) is 5.69 Å². The molecule has 6 heteroatoms. The average Bonchev–Trinajstić information content (AvgIpc) is 2.49. The Labute approximate surface area is 137 Å². The number of hydrogen-bond acceptors (Lipinski definition) is 4. The zero-order valence-electron chi connectivity index (χ0n) is 11.5. The fraction of sp³-hybridized carbons (Fsp3) is 0.133. The van der Waals surface area contributed by atoms with E-state index in [1.54, 1.807) is 43.5 Å². The van der Waals surface area contributed by atoms with Crippen molar-refractivity contribution in [2.24, 2.45) is 0 Å². The predicted octanol–water partition coefficient (Wildman–Crippen LogP) is 4.01. The van der Waals surface area contributed by atoms with E-state index >= 15 is 0 Å². The normalized spacial score (nSPS) is 10.1. The molecule has 1 N–H and O–H groups in total. The van der Waals surface area contributed by atoms with Gasteiger partial charge in [-0.15, -0.1) is 12.6 Å². The molecule has 0 bridgehead atoms. The molecule has 2 aromatic rings. The van der Waals surface area contributed by atoms with Gasteiger partial charge < -0.3 is 14.8 Å². The standard InChI is InChI=1S/C15H14BrNO3S/c1-19-9-3-6-13(14(7-9)20-2)17-15(18)11-8-10(21)4-5-12(11)16/h3-8,21H,1-2H3,(H,17,18). The summed E-state index contributed by atoms with van der Waals surface area (Å²) in [5.41, 5.74) is 1.07. The molecule has 0 aromatic heterocycles. The van der Waals surface area contributed by atoms with Crippen LogP contribution in [0.5, 0.6) is 11.5 Å². The van der Waals surface area contributed by atoms with Gasteiger partial charge in [-0.05, 0) is 46.3 Å². The van der Waals surface area contributed by atoms with E-state index in [4.69, 9.17) is 9.47 Å². The minimum atomic E-state index is -0.249. The molecule has 0 radical (unpaired) electrons. The van der Waals surface area contributed by atoms with Crippen LogP contribution in [0.25, 0.3) is 0 Å². The van der Waals surface area contributed by atoms with Crippen molar-refractivity contribution in [2.45, 2.75) is 4.90 Å². The Morgan fingerprint density at radius 3 is 2.57 bits per heavy atom. The fourth-order valence-corrected chi connectivity index (χ4v) is 2.41. The van der Waals surface area contributed by atoms with E-state index in [0.717, 1.165) is 0 Å². The Balaban J connectivity index is 2.29. The van der Waals surface area contributed by atoms with Crippen LogP contribution >= 0.6 is 28.6 Å². The molecule has 0 saturated heterocycles. The summed E-state index contributed by atoms with van der Waals surface area (Å²) in [5, 5.41) is 2.81. The summed E-state index contributed by atoms with van der Waals surface area (Å²) in [5.74, 6) is 0.936. The van der Waals surface area contributed by atoms with Crippen LogP contribution in [0.1, 0.15) is 10.4 Å². The Bertz CT molecular complexity index is 676.